The third-order valence-corrected chi connectivity index (χ3v) is 3.31. The molecule has 0 unspecified atom stereocenters. The molecular formula is C17H27FN4O. The number of unbranched alkanes of at least 4 members (excludes halogenated alkanes) is 1. The van der Waals surface area contributed by atoms with Gasteiger partial charge in [-0.25, -0.2) is 9.38 Å². The number of amides is 1. The summed E-state index contributed by atoms with van der Waals surface area (Å²) in [5.74, 6) is 0.364. The van der Waals surface area contributed by atoms with Crippen molar-refractivity contribution in [1.82, 2.24) is 15.5 Å². The van der Waals surface area contributed by atoms with E-state index in [4.69, 9.17) is 0 Å². The maximum absolute atomic E-state index is 12.9. The summed E-state index contributed by atoms with van der Waals surface area (Å²) in [5, 5.41) is 6.43. The number of rotatable bonds is 8. The first kappa shape index (κ1) is 18.9. The van der Waals surface area contributed by atoms with Crippen molar-refractivity contribution in [3.63, 3.8) is 0 Å². The lowest BCUT2D eigenvalue weighted by Gasteiger charge is -2.13. The second kappa shape index (κ2) is 10.6. The molecule has 0 aliphatic carbocycles. The lowest BCUT2D eigenvalue weighted by atomic mass is 10.1. The van der Waals surface area contributed by atoms with E-state index in [2.05, 4.69) is 22.5 Å². The van der Waals surface area contributed by atoms with Crippen LogP contribution in [-0.2, 0) is 11.2 Å². The number of aliphatic imine (C=N–C) groups is 1. The molecule has 128 valence electrons. The van der Waals surface area contributed by atoms with Crippen molar-refractivity contribution < 1.29 is 9.18 Å². The van der Waals surface area contributed by atoms with Gasteiger partial charge in [-0.05, 0) is 30.5 Å². The predicted octanol–water partition coefficient (Wildman–Crippen LogP) is 1.79. The Balaban J connectivity index is 2.49. The van der Waals surface area contributed by atoms with E-state index in [1.807, 2.05) is 0 Å². The molecule has 5 nitrogen and oxygen atoms in total. The van der Waals surface area contributed by atoms with Crippen LogP contribution in [0.3, 0.4) is 0 Å². The van der Waals surface area contributed by atoms with Crippen molar-refractivity contribution in [2.75, 3.05) is 33.7 Å². The minimum atomic E-state index is -0.229. The van der Waals surface area contributed by atoms with Crippen LogP contribution in [0.4, 0.5) is 4.39 Å². The minimum absolute atomic E-state index is 0.0415. The van der Waals surface area contributed by atoms with E-state index in [-0.39, 0.29) is 18.3 Å². The van der Waals surface area contributed by atoms with E-state index in [9.17, 15) is 9.18 Å². The van der Waals surface area contributed by atoms with Gasteiger partial charge >= 0.3 is 0 Å². The molecule has 0 aromatic heterocycles. The Labute approximate surface area is 138 Å². The van der Waals surface area contributed by atoms with Crippen LogP contribution >= 0.6 is 0 Å². The first-order valence-electron chi connectivity index (χ1n) is 7.99. The van der Waals surface area contributed by atoms with Crippen molar-refractivity contribution in [2.24, 2.45) is 4.99 Å². The normalized spacial score (nSPS) is 11.2. The van der Waals surface area contributed by atoms with Crippen molar-refractivity contribution in [3.8, 4) is 0 Å². The van der Waals surface area contributed by atoms with E-state index in [1.54, 1.807) is 26.2 Å². The molecule has 0 spiro atoms. The molecule has 23 heavy (non-hydrogen) atoms. The molecule has 0 saturated heterocycles. The number of benzene rings is 1. The minimum Gasteiger partial charge on any atom is -0.356 e. The Kier molecular flexibility index (Phi) is 8.72. The van der Waals surface area contributed by atoms with Gasteiger partial charge in [-0.3, -0.25) is 4.79 Å². The highest BCUT2D eigenvalue weighted by molar-refractivity contribution is 5.84. The zero-order chi connectivity index (χ0) is 17.1. The number of hydrogen-bond acceptors (Lipinski definition) is 2. The van der Waals surface area contributed by atoms with E-state index in [1.165, 1.54) is 17.0 Å². The Morgan fingerprint density at radius 2 is 1.83 bits per heavy atom. The fraction of sp³-hybridized carbons (Fsp3) is 0.529. The number of guanidine groups is 1. The van der Waals surface area contributed by atoms with Gasteiger partial charge in [-0.15, -0.1) is 0 Å². The second-order valence-corrected chi connectivity index (χ2v) is 5.54. The van der Waals surface area contributed by atoms with Crippen LogP contribution < -0.4 is 10.6 Å². The molecule has 0 radical (unpaired) electrons. The summed E-state index contributed by atoms with van der Waals surface area (Å²) in [4.78, 5) is 17.5. The molecule has 0 fully saturated rings. The SMILES string of the molecule is CCCCNC(=NCC(=O)N(C)C)NCCc1ccc(F)cc1. The Hall–Kier alpha value is -2.11. The van der Waals surface area contributed by atoms with Gasteiger partial charge in [0.1, 0.15) is 12.4 Å². The zero-order valence-electron chi connectivity index (χ0n) is 14.2. The number of hydrogen-bond donors (Lipinski definition) is 2. The maximum Gasteiger partial charge on any atom is 0.243 e. The largest absolute Gasteiger partial charge is 0.356 e. The van der Waals surface area contributed by atoms with Crippen LogP contribution in [0.1, 0.15) is 25.3 Å². The van der Waals surface area contributed by atoms with E-state index in [0.717, 1.165) is 31.4 Å². The van der Waals surface area contributed by atoms with Crippen LogP contribution in [0.25, 0.3) is 0 Å². The summed E-state index contributed by atoms with van der Waals surface area (Å²) in [5.41, 5.74) is 1.05. The summed E-state index contributed by atoms with van der Waals surface area (Å²) in [7, 11) is 3.42. The standard InChI is InChI=1S/C17H27FN4O/c1-4-5-11-19-17(21-13-16(23)22(2)3)20-12-10-14-6-8-15(18)9-7-14/h6-9H,4-5,10-13H2,1-3H3,(H2,19,20,21). The van der Waals surface area contributed by atoms with Gasteiger partial charge in [0.2, 0.25) is 5.91 Å². The highest BCUT2D eigenvalue weighted by atomic mass is 19.1. The maximum atomic E-state index is 12.9. The number of carbonyl (C=O) groups excluding carboxylic acids is 1. The molecule has 1 aromatic carbocycles. The van der Waals surface area contributed by atoms with Crippen molar-refractivity contribution in [2.45, 2.75) is 26.2 Å². The van der Waals surface area contributed by atoms with Crippen LogP contribution in [0.15, 0.2) is 29.3 Å². The topological polar surface area (TPSA) is 56.7 Å². The summed E-state index contributed by atoms with van der Waals surface area (Å²) in [6.45, 7) is 3.72. The fourth-order valence-corrected chi connectivity index (χ4v) is 1.82. The van der Waals surface area contributed by atoms with Gasteiger partial charge in [0.15, 0.2) is 5.96 Å². The lowest BCUT2D eigenvalue weighted by Crippen LogP contribution is -2.40. The highest BCUT2D eigenvalue weighted by Crippen LogP contribution is 2.02. The van der Waals surface area contributed by atoms with Crippen LogP contribution in [0.5, 0.6) is 0 Å². The lowest BCUT2D eigenvalue weighted by molar-refractivity contribution is -0.127. The van der Waals surface area contributed by atoms with Gasteiger partial charge in [-0.1, -0.05) is 25.5 Å². The first-order chi connectivity index (χ1) is 11.0. The average Bonchev–Trinajstić information content (AvgIpc) is 2.53. The molecule has 1 amide bonds. The second-order valence-electron chi connectivity index (χ2n) is 5.54. The Morgan fingerprint density at radius 1 is 1.17 bits per heavy atom. The Bertz CT molecular complexity index is 500. The molecule has 0 saturated carbocycles. The van der Waals surface area contributed by atoms with Gasteiger partial charge in [0, 0.05) is 27.2 Å². The van der Waals surface area contributed by atoms with E-state index in [0.29, 0.717) is 12.5 Å². The number of likely N-dealkylation sites (N-methyl/N-ethyl adjacent to an activating group) is 1. The summed E-state index contributed by atoms with van der Waals surface area (Å²) in [6, 6.07) is 6.46. The molecule has 1 rings (SSSR count). The van der Waals surface area contributed by atoms with E-state index >= 15 is 0 Å². The van der Waals surface area contributed by atoms with Crippen LogP contribution in [0, 0.1) is 5.82 Å². The third kappa shape index (κ3) is 8.18. The number of nitrogens with zero attached hydrogens (tertiary/aromatic N) is 2. The summed E-state index contributed by atoms with van der Waals surface area (Å²) in [6.07, 6.45) is 2.89. The molecule has 1 aromatic rings. The zero-order valence-corrected chi connectivity index (χ0v) is 14.2. The van der Waals surface area contributed by atoms with E-state index < -0.39 is 0 Å². The predicted molar refractivity (Wildman–Crippen MR) is 92.0 cm³/mol. The number of halogens is 1. The van der Waals surface area contributed by atoms with Gasteiger partial charge in [0.25, 0.3) is 0 Å². The van der Waals surface area contributed by atoms with Gasteiger partial charge in [-0.2, -0.15) is 0 Å². The molecule has 0 aliphatic heterocycles. The van der Waals surface area contributed by atoms with Crippen molar-refractivity contribution >= 4 is 11.9 Å². The fourth-order valence-electron chi connectivity index (χ4n) is 1.82. The molecule has 0 heterocycles. The molecule has 0 aliphatic rings. The van der Waals surface area contributed by atoms with Gasteiger partial charge < -0.3 is 15.5 Å². The molecule has 0 bridgehead atoms. The number of nitrogens with one attached hydrogen (secondary N) is 2. The van der Waals surface area contributed by atoms with Crippen LogP contribution in [0.2, 0.25) is 0 Å². The summed E-state index contributed by atoms with van der Waals surface area (Å²) < 4.78 is 12.9. The van der Waals surface area contributed by atoms with Gasteiger partial charge in [0.05, 0.1) is 0 Å². The molecule has 2 N–H and O–H groups in total. The quantitative estimate of drug-likeness (QED) is 0.436. The molecular weight excluding hydrogens is 295 g/mol. The highest BCUT2D eigenvalue weighted by Gasteiger charge is 2.04. The smallest absolute Gasteiger partial charge is 0.243 e. The summed E-state index contributed by atoms with van der Waals surface area (Å²) >= 11 is 0. The Morgan fingerprint density at radius 3 is 2.43 bits per heavy atom. The van der Waals surface area contributed by atoms with Crippen LogP contribution in [-0.4, -0.2) is 50.5 Å². The first-order valence-corrected chi connectivity index (χ1v) is 7.99. The number of carbonyl (C=O) groups is 1. The molecule has 6 heteroatoms. The average molecular weight is 322 g/mol. The van der Waals surface area contributed by atoms with Crippen molar-refractivity contribution in [1.29, 1.82) is 0 Å². The monoisotopic (exact) mass is 322 g/mol. The third-order valence-electron chi connectivity index (χ3n) is 3.31. The van der Waals surface area contributed by atoms with Crippen molar-refractivity contribution in [3.05, 3.63) is 35.6 Å². The molecule has 0 atom stereocenters.